The molecule has 0 bridgehead atoms. The number of nitriles is 1. The van der Waals surface area contributed by atoms with Gasteiger partial charge >= 0.3 is 0 Å². The van der Waals surface area contributed by atoms with E-state index in [1.54, 1.807) is 30.4 Å². The minimum atomic E-state index is -0.582. The molecule has 0 saturated carbocycles. The van der Waals surface area contributed by atoms with Gasteiger partial charge in [0.1, 0.15) is 6.07 Å². The van der Waals surface area contributed by atoms with Crippen LogP contribution in [-0.4, -0.2) is 43.5 Å². The van der Waals surface area contributed by atoms with Gasteiger partial charge in [-0.05, 0) is 6.07 Å². The van der Waals surface area contributed by atoms with Crippen molar-refractivity contribution in [3.63, 3.8) is 0 Å². The number of aliphatic hydroxyl groups excluding tert-OH is 1. The monoisotopic (exact) mass is 221 g/mol. The number of pyridine rings is 1. The zero-order valence-corrected chi connectivity index (χ0v) is 9.42. The summed E-state index contributed by atoms with van der Waals surface area (Å²) in [7, 11) is 3.34. The molecule has 1 atom stereocenters. The highest BCUT2D eigenvalue weighted by atomic mass is 16.5. The van der Waals surface area contributed by atoms with Crippen LogP contribution in [0.1, 0.15) is 5.56 Å². The normalized spacial score (nSPS) is 11.9. The zero-order valence-electron chi connectivity index (χ0n) is 9.42. The predicted octanol–water partition coefficient (Wildman–Crippen LogP) is 0.397. The summed E-state index contributed by atoms with van der Waals surface area (Å²) >= 11 is 0. The largest absolute Gasteiger partial charge is 0.389 e. The van der Waals surface area contributed by atoms with Crippen molar-refractivity contribution in [2.24, 2.45) is 0 Å². The average molecular weight is 221 g/mol. The fraction of sp³-hybridized carbons (Fsp3) is 0.455. The lowest BCUT2D eigenvalue weighted by Crippen LogP contribution is -2.32. The summed E-state index contributed by atoms with van der Waals surface area (Å²) in [4.78, 5) is 5.75. The summed E-state index contributed by atoms with van der Waals surface area (Å²) in [5.41, 5.74) is 1.25. The van der Waals surface area contributed by atoms with E-state index in [9.17, 15) is 5.11 Å². The number of methoxy groups -OCH3 is 1. The molecule has 1 aromatic rings. The van der Waals surface area contributed by atoms with Crippen molar-refractivity contribution in [2.75, 3.05) is 32.2 Å². The number of hydrogen-bond acceptors (Lipinski definition) is 5. The fourth-order valence-electron chi connectivity index (χ4n) is 1.44. The summed E-state index contributed by atoms with van der Waals surface area (Å²) in [5, 5.41) is 18.5. The Morgan fingerprint density at radius 1 is 1.69 bits per heavy atom. The minimum absolute atomic E-state index is 0.270. The predicted molar refractivity (Wildman–Crippen MR) is 60.1 cm³/mol. The Balaban J connectivity index is 2.73. The van der Waals surface area contributed by atoms with Gasteiger partial charge < -0.3 is 14.7 Å². The van der Waals surface area contributed by atoms with E-state index in [-0.39, 0.29) is 6.61 Å². The summed E-state index contributed by atoms with van der Waals surface area (Å²) in [6.45, 7) is 0.667. The van der Waals surface area contributed by atoms with Gasteiger partial charge in [0.25, 0.3) is 0 Å². The van der Waals surface area contributed by atoms with Crippen LogP contribution in [0.25, 0.3) is 0 Å². The highest BCUT2D eigenvalue weighted by molar-refractivity contribution is 5.57. The van der Waals surface area contributed by atoms with Crippen molar-refractivity contribution in [3.05, 3.63) is 24.0 Å². The molecule has 0 aliphatic rings. The molecule has 1 N–H and O–H groups in total. The number of aliphatic hydroxyl groups is 1. The molecule has 86 valence electrons. The van der Waals surface area contributed by atoms with Gasteiger partial charge in [-0.2, -0.15) is 5.26 Å². The van der Waals surface area contributed by atoms with E-state index in [1.165, 1.54) is 7.11 Å². The van der Waals surface area contributed by atoms with E-state index in [1.807, 2.05) is 0 Å². The van der Waals surface area contributed by atoms with Crippen LogP contribution < -0.4 is 4.90 Å². The van der Waals surface area contributed by atoms with E-state index in [4.69, 9.17) is 10.00 Å². The average Bonchev–Trinajstić information content (AvgIpc) is 2.29. The molecule has 0 amide bonds. The molecule has 0 aliphatic heterocycles. The SMILES string of the molecule is COCC(O)CN(C)c1cnccc1C#N. The van der Waals surface area contributed by atoms with E-state index in [0.717, 1.165) is 0 Å². The zero-order chi connectivity index (χ0) is 12.0. The van der Waals surface area contributed by atoms with Crippen molar-refractivity contribution >= 4 is 5.69 Å². The van der Waals surface area contributed by atoms with E-state index in [0.29, 0.717) is 17.8 Å². The van der Waals surface area contributed by atoms with Gasteiger partial charge in [-0.3, -0.25) is 4.98 Å². The van der Waals surface area contributed by atoms with Crippen molar-refractivity contribution in [1.82, 2.24) is 4.98 Å². The third-order valence-electron chi connectivity index (χ3n) is 2.18. The molecule has 1 heterocycles. The molecule has 5 heteroatoms. The van der Waals surface area contributed by atoms with Gasteiger partial charge in [-0.15, -0.1) is 0 Å². The van der Waals surface area contributed by atoms with Crippen LogP contribution in [0.2, 0.25) is 0 Å². The Morgan fingerprint density at radius 3 is 3.06 bits per heavy atom. The second-order valence-corrected chi connectivity index (χ2v) is 3.49. The maximum Gasteiger partial charge on any atom is 0.101 e. The van der Waals surface area contributed by atoms with Gasteiger partial charge in [0, 0.05) is 26.9 Å². The summed E-state index contributed by atoms with van der Waals surface area (Å²) < 4.78 is 4.84. The smallest absolute Gasteiger partial charge is 0.101 e. The first-order valence-electron chi connectivity index (χ1n) is 4.91. The Labute approximate surface area is 94.9 Å². The molecule has 16 heavy (non-hydrogen) atoms. The molecule has 1 rings (SSSR count). The number of likely N-dealkylation sites (N-methyl/N-ethyl adjacent to an activating group) is 1. The summed E-state index contributed by atoms with van der Waals surface area (Å²) in [6.07, 6.45) is 2.60. The number of aromatic nitrogens is 1. The van der Waals surface area contributed by atoms with Crippen LogP contribution in [0, 0.1) is 11.3 Å². The van der Waals surface area contributed by atoms with Crippen molar-refractivity contribution in [2.45, 2.75) is 6.10 Å². The van der Waals surface area contributed by atoms with Crippen LogP contribution in [0.15, 0.2) is 18.5 Å². The molecule has 1 aromatic heterocycles. The number of rotatable bonds is 5. The van der Waals surface area contributed by atoms with Crippen LogP contribution in [0.5, 0.6) is 0 Å². The lowest BCUT2D eigenvalue weighted by molar-refractivity contribution is 0.0695. The third kappa shape index (κ3) is 3.19. The Bertz CT molecular complexity index is 376. The molecule has 0 spiro atoms. The number of anilines is 1. The molecule has 0 aliphatic carbocycles. The van der Waals surface area contributed by atoms with Crippen molar-refractivity contribution < 1.29 is 9.84 Å². The molecule has 1 unspecified atom stereocenters. The maximum atomic E-state index is 9.57. The Hall–Kier alpha value is -1.64. The second kappa shape index (κ2) is 6.05. The van der Waals surface area contributed by atoms with Crippen LogP contribution in [0.3, 0.4) is 0 Å². The van der Waals surface area contributed by atoms with Crippen LogP contribution >= 0.6 is 0 Å². The van der Waals surface area contributed by atoms with Crippen LogP contribution in [0.4, 0.5) is 5.69 Å². The van der Waals surface area contributed by atoms with Crippen molar-refractivity contribution in [3.8, 4) is 6.07 Å². The van der Waals surface area contributed by atoms with Gasteiger partial charge in [0.15, 0.2) is 0 Å². The highest BCUT2D eigenvalue weighted by Crippen LogP contribution is 2.16. The maximum absolute atomic E-state index is 9.57. The molecule has 5 nitrogen and oxygen atoms in total. The number of hydrogen-bond donors (Lipinski definition) is 1. The van der Waals surface area contributed by atoms with Gasteiger partial charge in [-0.25, -0.2) is 0 Å². The van der Waals surface area contributed by atoms with Crippen molar-refractivity contribution in [1.29, 1.82) is 5.26 Å². The van der Waals surface area contributed by atoms with Gasteiger partial charge in [0.2, 0.25) is 0 Å². The van der Waals surface area contributed by atoms with Gasteiger partial charge in [-0.1, -0.05) is 0 Å². The number of ether oxygens (including phenoxy) is 1. The molecule has 0 fully saturated rings. The molecular formula is C11H15N3O2. The standard InChI is InChI=1S/C11H15N3O2/c1-14(7-10(15)8-16-2)11-6-13-4-3-9(11)5-12/h3-4,6,10,15H,7-8H2,1-2H3. The topological polar surface area (TPSA) is 69.4 Å². The minimum Gasteiger partial charge on any atom is -0.389 e. The van der Waals surface area contributed by atoms with Gasteiger partial charge in [0.05, 0.1) is 30.2 Å². The lowest BCUT2D eigenvalue weighted by atomic mass is 10.2. The summed E-state index contributed by atoms with van der Waals surface area (Å²) in [5.74, 6) is 0. The first-order valence-corrected chi connectivity index (χ1v) is 4.91. The van der Waals surface area contributed by atoms with E-state index in [2.05, 4.69) is 11.1 Å². The number of nitrogens with zero attached hydrogens (tertiary/aromatic N) is 3. The first-order chi connectivity index (χ1) is 7.69. The Kier molecular flexibility index (Phi) is 4.70. The summed E-state index contributed by atoms with van der Waals surface area (Å²) in [6, 6.07) is 3.73. The molecule has 0 radical (unpaired) electrons. The Morgan fingerprint density at radius 2 is 2.44 bits per heavy atom. The van der Waals surface area contributed by atoms with Crippen LogP contribution in [-0.2, 0) is 4.74 Å². The molecular weight excluding hydrogens is 206 g/mol. The highest BCUT2D eigenvalue weighted by Gasteiger charge is 2.11. The third-order valence-corrected chi connectivity index (χ3v) is 2.18. The quantitative estimate of drug-likeness (QED) is 0.779. The lowest BCUT2D eigenvalue weighted by Gasteiger charge is -2.22. The van der Waals surface area contributed by atoms with E-state index >= 15 is 0 Å². The first kappa shape index (κ1) is 12.4. The molecule has 0 saturated heterocycles. The second-order valence-electron chi connectivity index (χ2n) is 3.49. The molecule has 0 aromatic carbocycles. The van der Waals surface area contributed by atoms with E-state index < -0.39 is 6.10 Å². The fourth-order valence-corrected chi connectivity index (χ4v) is 1.44.